The highest BCUT2D eigenvalue weighted by Crippen LogP contribution is 2.37. The summed E-state index contributed by atoms with van der Waals surface area (Å²) in [5.41, 5.74) is 3.97. The largest absolute Gasteiger partial charge is 0.494 e. The summed E-state index contributed by atoms with van der Waals surface area (Å²) in [5.74, 6) is 2.63. The van der Waals surface area contributed by atoms with E-state index in [4.69, 9.17) is 4.74 Å². The lowest BCUT2D eigenvalue weighted by Crippen LogP contribution is -2.34. The van der Waals surface area contributed by atoms with Gasteiger partial charge in [-0.2, -0.15) is 0 Å². The summed E-state index contributed by atoms with van der Waals surface area (Å²) < 4.78 is 6.85. The molecular weight excluding hydrogens is 676 g/mol. The van der Waals surface area contributed by atoms with Gasteiger partial charge in [0.1, 0.15) is 5.75 Å². The first-order chi connectivity index (χ1) is 23.3. The number of aliphatic imine (C=N–C) groups is 1. The first kappa shape index (κ1) is 37.7. The number of amides is 2. The molecule has 0 saturated heterocycles. The number of ether oxygens (including phenoxy) is 1. The molecule has 1 aromatic carbocycles. The zero-order chi connectivity index (χ0) is 35.2. The van der Waals surface area contributed by atoms with Crippen LogP contribution in [-0.2, 0) is 9.59 Å². The van der Waals surface area contributed by atoms with Gasteiger partial charge in [0.25, 0.3) is 5.91 Å². The van der Waals surface area contributed by atoms with E-state index in [-0.39, 0.29) is 29.9 Å². The summed E-state index contributed by atoms with van der Waals surface area (Å²) >= 11 is 3.60. The van der Waals surface area contributed by atoms with Crippen molar-refractivity contribution >= 4 is 62.3 Å². The second kappa shape index (κ2) is 18.6. The molecule has 2 aromatic rings. The smallest absolute Gasteiger partial charge is 0.273 e. The van der Waals surface area contributed by atoms with Crippen molar-refractivity contribution in [2.24, 2.45) is 10.9 Å². The predicted octanol–water partition coefficient (Wildman–Crippen LogP) is 5.98. The molecule has 0 radical (unpaired) electrons. The highest BCUT2D eigenvalue weighted by atomic mass is 79.9. The van der Waals surface area contributed by atoms with Crippen LogP contribution < -0.4 is 26.0 Å². The number of methoxy groups -OCH3 is 1. The van der Waals surface area contributed by atoms with E-state index < -0.39 is 5.91 Å². The number of nitrogens with zero attached hydrogens (tertiary/aromatic N) is 4. The molecule has 0 bridgehead atoms. The lowest BCUT2D eigenvalue weighted by atomic mass is 10.0. The van der Waals surface area contributed by atoms with Crippen LogP contribution in [0.25, 0.3) is 5.57 Å². The number of halogens is 1. The normalized spacial score (nSPS) is 14.7. The van der Waals surface area contributed by atoms with Gasteiger partial charge >= 0.3 is 0 Å². The first-order valence-electron chi connectivity index (χ1n) is 16.2. The van der Waals surface area contributed by atoms with Crippen molar-refractivity contribution in [1.82, 2.24) is 25.7 Å². The molecule has 0 unspecified atom stereocenters. The Bertz CT molecular complexity index is 1660. The Morgan fingerprint density at radius 2 is 1.83 bits per heavy atom. The van der Waals surface area contributed by atoms with Crippen LogP contribution in [0.5, 0.6) is 5.75 Å². The van der Waals surface area contributed by atoms with Gasteiger partial charge < -0.3 is 30.9 Å². The molecule has 2 aliphatic carbocycles. The Kier molecular flexibility index (Phi) is 14.6. The molecule has 5 rings (SSSR count). The number of benzene rings is 1. The lowest BCUT2D eigenvalue weighted by Gasteiger charge is -2.25. The SMILES string of the molecule is CC.CC.CNC(=O)c1nnc(NC(=O)C2CC2)cc1Nc1cccc(C2=CNC(C(=C=O)N(C)CC3=CCCC=C3Br)=NC2)c1OC. The fourth-order valence-electron chi connectivity index (χ4n) is 4.86. The monoisotopic (exact) mass is 720 g/mol. The van der Waals surface area contributed by atoms with Gasteiger partial charge in [0.2, 0.25) is 5.91 Å². The second-order valence-corrected chi connectivity index (χ2v) is 11.3. The van der Waals surface area contributed by atoms with Crippen molar-refractivity contribution in [2.45, 2.75) is 53.4 Å². The van der Waals surface area contributed by atoms with E-state index in [1.54, 1.807) is 25.4 Å². The van der Waals surface area contributed by atoms with Crippen molar-refractivity contribution in [2.75, 3.05) is 44.9 Å². The fraction of sp³-hybridized carbons (Fsp3) is 0.400. The fourth-order valence-corrected chi connectivity index (χ4v) is 5.37. The molecule has 1 aromatic heterocycles. The molecule has 256 valence electrons. The molecule has 2 amide bonds. The maximum absolute atomic E-state index is 12.6. The molecule has 0 spiro atoms. The molecule has 1 aliphatic heterocycles. The molecule has 0 atom stereocenters. The number of para-hydroxylation sites is 1. The van der Waals surface area contributed by atoms with Crippen molar-refractivity contribution in [1.29, 1.82) is 0 Å². The van der Waals surface area contributed by atoms with Crippen LogP contribution >= 0.6 is 15.9 Å². The second-order valence-electron chi connectivity index (χ2n) is 10.5. The van der Waals surface area contributed by atoms with Gasteiger partial charge in [-0.1, -0.05) is 67.9 Å². The topological polar surface area (TPSA) is 150 Å². The van der Waals surface area contributed by atoms with E-state index in [1.807, 2.05) is 57.7 Å². The number of carbonyl (C=O) groups is 2. The minimum absolute atomic E-state index is 0.0173. The number of carbonyl (C=O) groups excluding carboxylic acids is 3. The number of allylic oxidation sites excluding steroid dienone is 2. The van der Waals surface area contributed by atoms with Gasteiger partial charge in [-0.3, -0.25) is 14.6 Å². The molecule has 4 N–H and O–H groups in total. The van der Waals surface area contributed by atoms with Crippen molar-refractivity contribution in [3.05, 3.63) is 69.6 Å². The van der Waals surface area contributed by atoms with Crippen molar-refractivity contribution in [3.63, 3.8) is 0 Å². The van der Waals surface area contributed by atoms with E-state index in [0.717, 1.165) is 46.9 Å². The quantitative estimate of drug-likeness (QED) is 0.206. The van der Waals surface area contributed by atoms with E-state index >= 15 is 0 Å². The summed E-state index contributed by atoms with van der Waals surface area (Å²) in [6.07, 6.45) is 9.72. The zero-order valence-corrected chi connectivity index (χ0v) is 30.2. The Labute approximate surface area is 291 Å². The number of hydrogen-bond donors (Lipinski definition) is 4. The molecule has 1 saturated carbocycles. The first-order valence-corrected chi connectivity index (χ1v) is 17.0. The highest BCUT2D eigenvalue weighted by molar-refractivity contribution is 9.12. The number of aromatic nitrogens is 2. The average Bonchev–Trinajstić information content (AvgIpc) is 3.98. The van der Waals surface area contributed by atoms with Crippen molar-refractivity contribution < 1.29 is 19.1 Å². The van der Waals surface area contributed by atoms with Crippen molar-refractivity contribution in [3.8, 4) is 5.75 Å². The highest BCUT2D eigenvalue weighted by Gasteiger charge is 2.30. The van der Waals surface area contributed by atoms with Crippen LogP contribution in [0.1, 0.15) is 69.4 Å². The Hall–Kier alpha value is -4.74. The van der Waals surface area contributed by atoms with E-state index in [2.05, 4.69) is 64.5 Å². The maximum atomic E-state index is 12.6. The van der Waals surface area contributed by atoms with Crippen LogP contribution in [0, 0.1) is 5.92 Å². The number of anilines is 3. The molecule has 12 nitrogen and oxygen atoms in total. The standard InChI is InChI=1S/C31H33BrN8O4.2C2H6/c1-33-31(43)27-24(13-26(38-39-27)37-30(42)18-11-12-18)36-23-10-6-8-21(28(23)44-3)20-14-34-29(35-15-20)25(17-41)40(2)16-19-7-4-5-9-22(19)32;2*1-2/h6-10,13-14,18H,4-5,11-12,15-16H2,1-3H3,(H,33,43)(H,34,35)(H2,36,37,38,42);2*1-2H3. The van der Waals surface area contributed by atoms with Gasteiger partial charge in [0, 0.05) is 54.4 Å². The predicted molar refractivity (Wildman–Crippen MR) is 195 cm³/mol. The van der Waals surface area contributed by atoms with Crippen LogP contribution in [0.2, 0.25) is 0 Å². The number of nitrogens with one attached hydrogen (secondary N) is 4. The zero-order valence-electron chi connectivity index (χ0n) is 28.7. The number of hydrogen-bond acceptors (Lipinski definition) is 10. The molecular formula is C35H45BrN8O4. The van der Waals surface area contributed by atoms with Crippen LogP contribution in [-0.4, -0.2) is 73.0 Å². The minimum atomic E-state index is -0.441. The lowest BCUT2D eigenvalue weighted by molar-refractivity contribution is -0.117. The Morgan fingerprint density at radius 1 is 1.10 bits per heavy atom. The average molecular weight is 722 g/mol. The third kappa shape index (κ3) is 9.42. The molecule has 3 aliphatic rings. The maximum Gasteiger partial charge on any atom is 0.273 e. The third-order valence-electron chi connectivity index (χ3n) is 7.36. The summed E-state index contributed by atoms with van der Waals surface area (Å²) in [6, 6.07) is 7.12. The number of amidine groups is 1. The summed E-state index contributed by atoms with van der Waals surface area (Å²) in [5, 5.41) is 19.8. The Morgan fingerprint density at radius 3 is 2.44 bits per heavy atom. The summed E-state index contributed by atoms with van der Waals surface area (Å²) in [4.78, 5) is 43.3. The van der Waals surface area contributed by atoms with Gasteiger partial charge in [-0.25, -0.2) is 4.79 Å². The summed E-state index contributed by atoms with van der Waals surface area (Å²) in [7, 11) is 4.89. The molecule has 13 heteroatoms. The van der Waals surface area contributed by atoms with Gasteiger partial charge in [0.05, 0.1) is 25.0 Å². The van der Waals surface area contributed by atoms with Crippen LogP contribution in [0.4, 0.5) is 17.2 Å². The van der Waals surface area contributed by atoms with Gasteiger partial charge in [-0.15, -0.1) is 10.2 Å². The van der Waals surface area contributed by atoms with E-state index in [0.29, 0.717) is 35.2 Å². The molecule has 2 heterocycles. The Balaban J connectivity index is 0.00000151. The molecule has 48 heavy (non-hydrogen) atoms. The van der Waals surface area contributed by atoms with Gasteiger partial charge in [-0.05, 0) is 37.3 Å². The van der Waals surface area contributed by atoms with Gasteiger partial charge in [0.15, 0.2) is 29.0 Å². The third-order valence-corrected chi connectivity index (χ3v) is 8.19. The van der Waals surface area contributed by atoms with E-state index in [1.165, 1.54) is 7.05 Å². The number of likely N-dealkylation sites (N-methyl/N-ethyl adjacent to an activating group) is 1. The van der Waals surface area contributed by atoms with Crippen LogP contribution in [0.3, 0.4) is 0 Å². The number of rotatable bonds is 11. The van der Waals surface area contributed by atoms with Crippen LogP contribution in [0.15, 0.2) is 63.4 Å². The van der Waals surface area contributed by atoms with E-state index in [9.17, 15) is 14.4 Å². The summed E-state index contributed by atoms with van der Waals surface area (Å²) in [6.45, 7) is 8.82. The minimum Gasteiger partial charge on any atom is -0.494 e. The molecule has 1 fully saturated rings.